The van der Waals surface area contributed by atoms with Crippen LogP contribution in [-0.2, 0) is 0 Å². The predicted molar refractivity (Wildman–Crippen MR) is 53.3 cm³/mol. The van der Waals surface area contributed by atoms with Crippen LogP contribution >= 0.6 is 0 Å². The lowest BCUT2D eigenvalue weighted by Crippen LogP contribution is -2.13. The minimum absolute atomic E-state index is 0.399. The van der Waals surface area contributed by atoms with Gasteiger partial charge >= 0.3 is 0 Å². The number of aliphatic hydroxyl groups excluding tert-OH is 1. The van der Waals surface area contributed by atoms with Gasteiger partial charge in [0.2, 0.25) is 0 Å². The molecule has 0 amide bonds. The van der Waals surface area contributed by atoms with E-state index in [-0.39, 0.29) is 0 Å². The molecular weight excluding hydrogens is 150 g/mol. The molecular formula is C10H19NO. The molecule has 2 N–H and O–H groups in total. The maximum Gasteiger partial charge on any atom is 0.114 e. The largest absolute Gasteiger partial charge is 0.508 e. The number of hydrogen-bond acceptors (Lipinski definition) is 2. The molecule has 12 heavy (non-hydrogen) atoms. The van der Waals surface area contributed by atoms with Crippen molar-refractivity contribution in [1.82, 2.24) is 5.32 Å². The van der Waals surface area contributed by atoms with Crippen molar-refractivity contribution in [2.24, 2.45) is 0 Å². The van der Waals surface area contributed by atoms with Crippen LogP contribution in [0.2, 0.25) is 0 Å². The minimum atomic E-state index is 0.399. The van der Waals surface area contributed by atoms with Gasteiger partial charge in [0.25, 0.3) is 0 Å². The summed E-state index contributed by atoms with van der Waals surface area (Å²) in [6.45, 7) is 7.80. The Morgan fingerprint density at radius 1 is 1.50 bits per heavy atom. The number of allylic oxidation sites excluding steroid dienone is 2. The van der Waals surface area contributed by atoms with Crippen molar-refractivity contribution in [1.29, 1.82) is 0 Å². The van der Waals surface area contributed by atoms with Gasteiger partial charge in [-0.05, 0) is 45.0 Å². The highest BCUT2D eigenvalue weighted by molar-refractivity contribution is 5.21. The highest BCUT2D eigenvalue weighted by Crippen LogP contribution is 2.04. The molecule has 0 rings (SSSR count). The summed E-state index contributed by atoms with van der Waals surface area (Å²) >= 11 is 0. The summed E-state index contributed by atoms with van der Waals surface area (Å²) in [5.74, 6) is 0.399. The number of nitrogens with one attached hydrogen (secondary N) is 1. The lowest BCUT2D eigenvalue weighted by Gasteiger charge is -1.99. The van der Waals surface area contributed by atoms with E-state index in [1.165, 1.54) is 0 Å². The predicted octanol–water partition coefficient (Wildman–Crippen LogP) is 2.39. The Bertz CT molecular complexity index is 171. The van der Waals surface area contributed by atoms with E-state index < -0.39 is 0 Å². The van der Waals surface area contributed by atoms with E-state index in [1.54, 1.807) is 0 Å². The van der Waals surface area contributed by atoms with Crippen molar-refractivity contribution in [2.45, 2.75) is 27.2 Å². The Labute approximate surface area is 75.0 Å². The molecule has 0 radical (unpaired) electrons. The molecule has 0 aromatic heterocycles. The molecule has 0 saturated carbocycles. The zero-order valence-electron chi connectivity index (χ0n) is 8.22. The highest BCUT2D eigenvalue weighted by Gasteiger charge is 1.92. The van der Waals surface area contributed by atoms with Crippen molar-refractivity contribution in [3.8, 4) is 0 Å². The third-order valence-electron chi connectivity index (χ3n) is 1.75. The van der Waals surface area contributed by atoms with E-state index in [1.807, 2.05) is 26.0 Å². The van der Waals surface area contributed by atoms with E-state index >= 15 is 0 Å². The van der Waals surface area contributed by atoms with E-state index in [2.05, 4.69) is 12.2 Å². The average Bonchev–Trinajstić information content (AvgIpc) is 2.10. The molecule has 70 valence electrons. The molecule has 0 aromatic carbocycles. The van der Waals surface area contributed by atoms with Crippen LogP contribution in [0.3, 0.4) is 0 Å². The van der Waals surface area contributed by atoms with Gasteiger partial charge in [0.1, 0.15) is 5.76 Å². The van der Waals surface area contributed by atoms with Crippen LogP contribution in [0.15, 0.2) is 23.5 Å². The van der Waals surface area contributed by atoms with Gasteiger partial charge in [0.05, 0.1) is 0 Å². The Hall–Kier alpha value is -0.760. The molecule has 0 aliphatic carbocycles. The summed E-state index contributed by atoms with van der Waals surface area (Å²) in [6.07, 6.45) is 4.63. The number of aliphatic hydroxyl groups is 1. The second kappa shape index (κ2) is 6.92. The summed E-state index contributed by atoms with van der Waals surface area (Å²) in [5, 5.41) is 12.6. The molecule has 2 heteroatoms. The Morgan fingerprint density at radius 2 is 2.17 bits per heavy atom. The quantitative estimate of drug-likeness (QED) is 0.376. The summed E-state index contributed by atoms with van der Waals surface area (Å²) in [5.41, 5.74) is 0.937. The molecule has 0 aliphatic heterocycles. The summed E-state index contributed by atoms with van der Waals surface area (Å²) in [6, 6.07) is 0. The summed E-state index contributed by atoms with van der Waals surface area (Å²) in [7, 11) is 0. The van der Waals surface area contributed by atoms with Crippen LogP contribution in [0.4, 0.5) is 0 Å². The standard InChI is InChI=1S/C10H19NO/c1-4-9(3)10(12)7-6-8-11-5-2/h4,7,11-12H,5-6,8H2,1-3H3/b9-4-,10-7+. The van der Waals surface area contributed by atoms with Gasteiger partial charge < -0.3 is 10.4 Å². The number of hydrogen-bond donors (Lipinski definition) is 2. The van der Waals surface area contributed by atoms with Gasteiger partial charge in [-0.2, -0.15) is 0 Å². The van der Waals surface area contributed by atoms with Crippen LogP contribution < -0.4 is 5.32 Å². The van der Waals surface area contributed by atoms with Crippen molar-refractivity contribution in [3.05, 3.63) is 23.5 Å². The molecule has 0 aromatic rings. The number of rotatable bonds is 5. The van der Waals surface area contributed by atoms with Gasteiger partial charge in [0, 0.05) is 0 Å². The smallest absolute Gasteiger partial charge is 0.114 e. The zero-order chi connectivity index (χ0) is 9.40. The molecule has 2 nitrogen and oxygen atoms in total. The molecule has 0 spiro atoms. The van der Waals surface area contributed by atoms with Crippen molar-refractivity contribution in [2.75, 3.05) is 13.1 Å². The van der Waals surface area contributed by atoms with Crippen LogP contribution in [0.25, 0.3) is 0 Å². The van der Waals surface area contributed by atoms with E-state index in [9.17, 15) is 5.11 Å². The second-order valence-electron chi connectivity index (χ2n) is 2.70. The van der Waals surface area contributed by atoms with Gasteiger partial charge in [0.15, 0.2) is 0 Å². The van der Waals surface area contributed by atoms with Crippen LogP contribution in [0, 0.1) is 0 Å². The third kappa shape index (κ3) is 4.97. The van der Waals surface area contributed by atoms with Crippen LogP contribution in [-0.4, -0.2) is 18.2 Å². The van der Waals surface area contributed by atoms with E-state index in [4.69, 9.17) is 0 Å². The Kier molecular flexibility index (Phi) is 6.48. The molecule has 0 atom stereocenters. The first-order valence-electron chi connectivity index (χ1n) is 4.45. The lowest BCUT2D eigenvalue weighted by molar-refractivity contribution is 0.420. The molecule has 0 saturated heterocycles. The highest BCUT2D eigenvalue weighted by atomic mass is 16.3. The SMILES string of the molecule is C/C=C(C)\C(O)=C/CCNCC. The Balaban J connectivity index is 3.69. The molecule has 0 heterocycles. The van der Waals surface area contributed by atoms with E-state index in [0.717, 1.165) is 25.1 Å². The Morgan fingerprint density at radius 3 is 2.67 bits per heavy atom. The molecule has 0 bridgehead atoms. The van der Waals surface area contributed by atoms with Crippen molar-refractivity contribution >= 4 is 0 Å². The summed E-state index contributed by atoms with van der Waals surface area (Å²) in [4.78, 5) is 0. The second-order valence-corrected chi connectivity index (χ2v) is 2.70. The van der Waals surface area contributed by atoms with Gasteiger partial charge in [-0.1, -0.05) is 13.0 Å². The lowest BCUT2D eigenvalue weighted by atomic mass is 10.2. The monoisotopic (exact) mass is 169 g/mol. The topological polar surface area (TPSA) is 32.3 Å². The average molecular weight is 169 g/mol. The first-order valence-corrected chi connectivity index (χ1v) is 4.45. The fourth-order valence-electron chi connectivity index (χ4n) is 0.797. The maximum atomic E-state index is 9.38. The van der Waals surface area contributed by atoms with Crippen molar-refractivity contribution < 1.29 is 5.11 Å². The third-order valence-corrected chi connectivity index (χ3v) is 1.75. The van der Waals surface area contributed by atoms with E-state index in [0.29, 0.717) is 5.76 Å². The summed E-state index contributed by atoms with van der Waals surface area (Å²) < 4.78 is 0. The van der Waals surface area contributed by atoms with Gasteiger partial charge in [-0.3, -0.25) is 0 Å². The zero-order valence-corrected chi connectivity index (χ0v) is 8.22. The normalized spacial score (nSPS) is 13.6. The van der Waals surface area contributed by atoms with Crippen LogP contribution in [0.1, 0.15) is 27.2 Å². The fourth-order valence-corrected chi connectivity index (χ4v) is 0.797. The first-order chi connectivity index (χ1) is 5.72. The first kappa shape index (κ1) is 11.2. The fraction of sp³-hybridized carbons (Fsp3) is 0.600. The molecule has 0 unspecified atom stereocenters. The molecule has 0 fully saturated rings. The minimum Gasteiger partial charge on any atom is -0.508 e. The van der Waals surface area contributed by atoms with Gasteiger partial charge in [-0.15, -0.1) is 0 Å². The maximum absolute atomic E-state index is 9.38. The van der Waals surface area contributed by atoms with Crippen LogP contribution in [0.5, 0.6) is 0 Å². The van der Waals surface area contributed by atoms with Crippen molar-refractivity contribution in [3.63, 3.8) is 0 Å². The molecule has 0 aliphatic rings. The van der Waals surface area contributed by atoms with Gasteiger partial charge in [-0.25, -0.2) is 0 Å².